The number of nitrogens with one attached hydrogen (secondary N) is 1. The minimum Gasteiger partial charge on any atom is -0.481 e. The molecule has 1 amide bonds. The number of aromatic nitrogens is 3. The summed E-state index contributed by atoms with van der Waals surface area (Å²) in [4.78, 5) is 34.7. The maximum atomic E-state index is 12.0. The molecule has 21 heavy (non-hydrogen) atoms. The molecular formula is C13H16N4O4. The standard InChI is InChI=1S/C13H16N4O4/c1-13(2,11(19)20)8-14-10(18)7-17-12(21)16-6-4-3-5-9(16)15-17/h3-6H,7-8H2,1-2H3,(H,14,18)(H,19,20). The molecule has 0 atom stereocenters. The summed E-state index contributed by atoms with van der Waals surface area (Å²) in [5.41, 5.74) is -1.04. The van der Waals surface area contributed by atoms with Gasteiger partial charge < -0.3 is 10.4 Å². The Morgan fingerprint density at radius 1 is 1.38 bits per heavy atom. The number of aliphatic carboxylic acids is 1. The van der Waals surface area contributed by atoms with E-state index >= 15 is 0 Å². The van der Waals surface area contributed by atoms with Crippen molar-refractivity contribution < 1.29 is 14.7 Å². The van der Waals surface area contributed by atoms with Crippen LogP contribution in [0.15, 0.2) is 29.2 Å². The van der Waals surface area contributed by atoms with Crippen molar-refractivity contribution in [2.75, 3.05) is 6.54 Å². The number of hydrogen-bond donors (Lipinski definition) is 2. The second kappa shape index (κ2) is 5.39. The lowest BCUT2D eigenvalue weighted by atomic mass is 9.94. The van der Waals surface area contributed by atoms with Crippen LogP contribution in [-0.4, -0.2) is 37.7 Å². The summed E-state index contributed by atoms with van der Waals surface area (Å²) >= 11 is 0. The molecule has 0 saturated carbocycles. The van der Waals surface area contributed by atoms with E-state index in [1.165, 1.54) is 18.2 Å². The molecule has 0 aromatic carbocycles. The van der Waals surface area contributed by atoms with Gasteiger partial charge in [0.2, 0.25) is 5.91 Å². The number of hydrogen-bond acceptors (Lipinski definition) is 4. The van der Waals surface area contributed by atoms with E-state index in [2.05, 4.69) is 10.4 Å². The Morgan fingerprint density at radius 3 is 2.71 bits per heavy atom. The lowest BCUT2D eigenvalue weighted by Gasteiger charge is -2.19. The molecule has 2 rings (SSSR count). The summed E-state index contributed by atoms with van der Waals surface area (Å²) in [7, 11) is 0. The lowest BCUT2D eigenvalue weighted by molar-refractivity contribution is -0.146. The molecule has 0 bridgehead atoms. The van der Waals surface area contributed by atoms with Crippen molar-refractivity contribution in [2.45, 2.75) is 20.4 Å². The molecule has 0 aliphatic rings. The second-order valence-corrected chi connectivity index (χ2v) is 5.33. The number of pyridine rings is 1. The molecule has 2 N–H and O–H groups in total. The molecule has 0 aliphatic heterocycles. The molecule has 0 fully saturated rings. The molecule has 0 aliphatic carbocycles. The largest absolute Gasteiger partial charge is 0.481 e. The summed E-state index contributed by atoms with van der Waals surface area (Å²) in [5.74, 6) is -1.47. The number of carbonyl (C=O) groups excluding carboxylic acids is 1. The van der Waals surface area contributed by atoms with E-state index in [4.69, 9.17) is 5.11 Å². The van der Waals surface area contributed by atoms with E-state index in [-0.39, 0.29) is 13.1 Å². The molecule has 0 saturated heterocycles. The first-order valence-corrected chi connectivity index (χ1v) is 6.35. The van der Waals surface area contributed by atoms with Crippen LogP contribution in [0.2, 0.25) is 0 Å². The highest BCUT2D eigenvalue weighted by Gasteiger charge is 2.27. The maximum Gasteiger partial charge on any atom is 0.350 e. The van der Waals surface area contributed by atoms with E-state index < -0.39 is 23.0 Å². The molecule has 8 nitrogen and oxygen atoms in total. The highest BCUT2D eigenvalue weighted by Crippen LogP contribution is 2.12. The van der Waals surface area contributed by atoms with Crippen LogP contribution in [0.3, 0.4) is 0 Å². The van der Waals surface area contributed by atoms with Crippen LogP contribution in [-0.2, 0) is 16.1 Å². The third kappa shape index (κ3) is 3.10. The van der Waals surface area contributed by atoms with Gasteiger partial charge in [-0.1, -0.05) is 6.07 Å². The number of fused-ring (bicyclic) bond motifs is 1. The smallest absolute Gasteiger partial charge is 0.350 e. The SMILES string of the molecule is CC(C)(CNC(=O)Cn1nc2ccccn2c1=O)C(=O)O. The average Bonchev–Trinajstić information content (AvgIpc) is 2.74. The van der Waals surface area contributed by atoms with Gasteiger partial charge in [-0.2, -0.15) is 0 Å². The van der Waals surface area contributed by atoms with Crippen molar-refractivity contribution in [1.29, 1.82) is 0 Å². The fourth-order valence-electron chi connectivity index (χ4n) is 1.66. The molecule has 2 aromatic heterocycles. The molecule has 0 spiro atoms. The van der Waals surface area contributed by atoms with Gasteiger partial charge in [0.25, 0.3) is 0 Å². The zero-order valence-corrected chi connectivity index (χ0v) is 11.7. The van der Waals surface area contributed by atoms with Gasteiger partial charge in [0, 0.05) is 12.7 Å². The molecular weight excluding hydrogens is 276 g/mol. The fraction of sp³-hybridized carbons (Fsp3) is 0.385. The van der Waals surface area contributed by atoms with Crippen LogP contribution < -0.4 is 11.0 Å². The number of carbonyl (C=O) groups is 2. The number of nitrogens with zero attached hydrogens (tertiary/aromatic N) is 3. The first kappa shape index (κ1) is 14.8. The first-order chi connectivity index (χ1) is 9.81. The van der Waals surface area contributed by atoms with Gasteiger partial charge in [-0.25, -0.2) is 9.48 Å². The van der Waals surface area contributed by atoms with Crippen LogP contribution >= 0.6 is 0 Å². The lowest BCUT2D eigenvalue weighted by Crippen LogP contribution is -2.41. The Balaban J connectivity index is 2.07. The number of carboxylic acids is 1. The minimum absolute atomic E-state index is 0.0245. The maximum absolute atomic E-state index is 12.0. The van der Waals surface area contributed by atoms with E-state index in [0.29, 0.717) is 5.65 Å². The van der Waals surface area contributed by atoms with E-state index in [9.17, 15) is 14.4 Å². The van der Waals surface area contributed by atoms with Crippen LogP contribution in [0.4, 0.5) is 0 Å². The zero-order valence-electron chi connectivity index (χ0n) is 11.7. The second-order valence-electron chi connectivity index (χ2n) is 5.33. The van der Waals surface area contributed by atoms with Crippen LogP contribution in [0, 0.1) is 5.41 Å². The summed E-state index contributed by atoms with van der Waals surface area (Å²) < 4.78 is 2.37. The Morgan fingerprint density at radius 2 is 2.10 bits per heavy atom. The van der Waals surface area contributed by atoms with Crippen LogP contribution in [0.5, 0.6) is 0 Å². The van der Waals surface area contributed by atoms with Gasteiger partial charge >= 0.3 is 11.7 Å². The number of rotatable bonds is 5. The Labute approximate surface area is 120 Å². The van der Waals surface area contributed by atoms with Crippen molar-refractivity contribution >= 4 is 17.5 Å². The number of carboxylic acid groups (broad SMARTS) is 1. The van der Waals surface area contributed by atoms with Crippen molar-refractivity contribution in [2.24, 2.45) is 5.41 Å². The van der Waals surface area contributed by atoms with E-state index in [1.807, 2.05) is 0 Å². The molecule has 112 valence electrons. The predicted octanol–water partition coefficient (Wildman–Crippen LogP) is -0.277. The molecule has 0 unspecified atom stereocenters. The highest BCUT2D eigenvalue weighted by atomic mass is 16.4. The van der Waals surface area contributed by atoms with Gasteiger partial charge in [-0.3, -0.25) is 14.0 Å². The highest BCUT2D eigenvalue weighted by molar-refractivity contribution is 5.78. The summed E-state index contributed by atoms with van der Waals surface area (Å²) in [6.45, 7) is 2.74. The van der Waals surface area contributed by atoms with Crippen molar-refractivity contribution in [3.63, 3.8) is 0 Å². The molecule has 8 heteroatoms. The third-order valence-corrected chi connectivity index (χ3v) is 3.09. The fourth-order valence-corrected chi connectivity index (χ4v) is 1.66. The first-order valence-electron chi connectivity index (χ1n) is 6.35. The van der Waals surface area contributed by atoms with Crippen LogP contribution in [0.1, 0.15) is 13.8 Å². The van der Waals surface area contributed by atoms with Gasteiger partial charge in [-0.15, -0.1) is 5.10 Å². The quantitative estimate of drug-likeness (QED) is 0.788. The van der Waals surface area contributed by atoms with Crippen LogP contribution in [0.25, 0.3) is 5.65 Å². The number of amides is 1. The molecule has 2 aromatic rings. The minimum atomic E-state index is -1.07. The molecule has 0 radical (unpaired) electrons. The molecule has 2 heterocycles. The van der Waals surface area contributed by atoms with Crippen molar-refractivity contribution in [1.82, 2.24) is 19.5 Å². The average molecular weight is 292 g/mol. The third-order valence-electron chi connectivity index (χ3n) is 3.09. The van der Waals surface area contributed by atoms with Gasteiger partial charge in [0.15, 0.2) is 5.65 Å². The summed E-state index contributed by atoms with van der Waals surface area (Å²) in [5, 5.41) is 15.5. The summed E-state index contributed by atoms with van der Waals surface area (Å²) in [6.07, 6.45) is 1.56. The van der Waals surface area contributed by atoms with Crippen molar-refractivity contribution in [3.05, 3.63) is 34.9 Å². The van der Waals surface area contributed by atoms with Gasteiger partial charge in [0.05, 0.1) is 5.41 Å². The summed E-state index contributed by atoms with van der Waals surface area (Å²) in [6, 6.07) is 5.08. The van der Waals surface area contributed by atoms with E-state index in [1.54, 1.807) is 24.4 Å². The van der Waals surface area contributed by atoms with Gasteiger partial charge in [-0.05, 0) is 26.0 Å². The predicted molar refractivity (Wildman–Crippen MR) is 73.9 cm³/mol. The van der Waals surface area contributed by atoms with E-state index in [0.717, 1.165) is 4.68 Å². The Kier molecular flexibility index (Phi) is 3.79. The monoisotopic (exact) mass is 292 g/mol. The Hall–Kier alpha value is -2.64. The normalized spacial score (nSPS) is 11.5. The zero-order chi connectivity index (χ0) is 15.6. The Bertz CT molecular complexity index is 744. The topological polar surface area (TPSA) is 106 Å². The van der Waals surface area contributed by atoms with Crippen molar-refractivity contribution in [3.8, 4) is 0 Å². The van der Waals surface area contributed by atoms with Gasteiger partial charge in [0.1, 0.15) is 6.54 Å².